The summed E-state index contributed by atoms with van der Waals surface area (Å²) in [6.45, 7) is 2.06. The van der Waals surface area contributed by atoms with Crippen LogP contribution >= 0.6 is 0 Å². The van der Waals surface area contributed by atoms with Gasteiger partial charge in [0.15, 0.2) is 0 Å². The summed E-state index contributed by atoms with van der Waals surface area (Å²) in [5.74, 6) is -1.26. The number of nitrogens with two attached hydrogens (primary N) is 1. The third kappa shape index (κ3) is 4.60. The monoisotopic (exact) mass is 525 g/mol. The number of rotatable bonds is 8. The Kier molecular flexibility index (Phi) is 6.58. The predicted octanol–water partition coefficient (Wildman–Crippen LogP) is 6.30. The minimum Gasteiger partial charge on any atom is -0.485 e. The number of aromatic nitrogens is 2. The van der Waals surface area contributed by atoms with Gasteiger partial charge in [0.05, 0.1) is 22.3 Å². The summed E-state index contributed by atoms with van der Waals surface area (Å²) in [7, 11) is 0. The Labute approximate surface area is 231 Å². The lowest BCUT2D eigenvalue weighted by atomic mass is 9.95. The lowest BCUT2D eigenvalue weighted by Gasteiger charge is -2.12. The van der Waals surface area contributed by atoms with Crippen LogP contribution in [0.15, 0.2) is 109 Å². The van der Waals surface area contributed by atoms with Crippen molar-refractivity contribution in [2.45, 2.75) is 20.0 Å². The Bertz CT molecular complexity index is 1890. The minimum atomic E-state index is -1.00. The lowest BCUT2D eigenvalue weighted by Crippen LogP contribution is -2.23. The predicted molar refractivity (Wildman–Crippen MR) is 156 cm³/mol. The highest BCUT2D eigenvalue weighted by Crippen LogP contribution is 2.34. The van der Waals surface area contributed by atoms with Crippen LogP contribution in [0.1, 0.15) is 32.9 Å². The second-order valence-electron chi connectivity index (χ2n) is 9.72. The van der Waals surface area contributed by atoms with Crippen molar-refractivity contribution in [2.75, 3.05) is 0 Å². The first-order chi connectivity index (χ1) is 19.5. The summed E-state index contributed by atoms with van der Waals surface area (Å²) in [4.78, 5) is 30.0. The second kappa shape index (κ2) is 10.5. The van der Waals surface area contributed by atoms with Crippen LogP contribution in [-0.4, -0.2) is 21.1 Å². The Morgan fingerprint density at radius 2 is 1.60 bits per heavy atom. The number of carbonyl (C=O) groups excluding carboxylic acids is 2. The smallest absolute Gasteiger partial charge is 0.289 e. The fourth-order valence-electron chi connectivity index (χ4n) is 5.29. The molecule has 0 atom stereocenters. The van der Waals surface area contributed by atoms with E-state index in [4.69, 9.17) is 15.5 Å². The van der Waals surface area contributed by atoms with Crippen LogP contribution < -0.4 is 10.5 Å². The second-order valence-corrected chi connectivity index (χ2v) is 9.72. The highest BCUT2D eigenvalue weighted by molar-refractivity contribution is 6.44. The Balaban J connectivity index is 1.44. The maximum atomic E-state index is 13.2. The van der Waals surface area contributed by atoms with Crippen molar-refractivity contribution in [2.24, 2.45) is 5.73 Å². The molecule has 2 N–H and O–H groups in total. The highest BCUT2D eigenvalue weighted by atomic mass is 16.5. The Morgan fingerprint density at radius 1 is 0.850 bits per heavy atom. The average molecular weight is 526 g/mol. The number of pyridine rings is 2. The van der Waals surface area contributed by atoms with Crippen LogP contribution in [0.5, 0.6) is 5.75 Å². The van der Waals surface area contributed by atoms with Gasteiger partial charge in [0, 0.05) is 23.7 Å². The normalized spacial score (nSPS) is 11.1. The van der Waals surface area contributed by atoms with Gasteiger partial charge in [0.2, 0.25) is 0 Å². The number of nitrogens with zero attached hydrogens (tertiary/aromatic N) is 2. The van der Waals surface area contributed by atoms with Crippen LogP contribution in [0.3, 0.4) is 0 Å². The van der Waals surface area contributed by atoms with E-state index in [1.165, 1.54) is 0 Å². The van der Waals surface area contributed by atoms with Crippen molar-refractivity contribution in [3.8, 4) is 16.9 Å². The van der Waals surface area contributed by atoms with Crippen molar-refractivity contribution in [3.05, 3.63) is 137 Å². The molecule has 6 aromatic rings. The van der Waals surface area contributed by atoms with Crippen LogP contribution in [0.2, 0.25) is 0 Å². The maximum Gasteiger partial charge on any atom is 0.289 e. The van der Waals surface area contributed by atoms with Gasteiger partial charge >= 0.3 is 0 Å². The molecule has 6 nitrogen and oxygen atoms in total. The zero-order valence-corrected chi connectivity index (χ0v) is 22.0. The summed E-state index contributed by atoms with van der Waals surface area (Å²) in [5, 5.41) is 1.05. The lowest BCUT2D eigenvalue weighted by molar-refractivity contribution is -0.114. The summed E-state index contributed by atoms with van der Waals surface area (Å²) >= 11 is 0. The third-order valence-corrected chi connectivity index (χ3v) is 7.24. The topological polar surface area (TPSA) is 86.7 Å². The third-order valence-electron chi connectivity index (χ3n) is 7.24. The number of Topliss-reactive ketones (excluding diaryl/α,β-unsaturated/α-hetero) is 1. The van der Waals surface area contributed by atoms with Gasteiger partial charge in [-0.3, -0.25) is 9.59 Å². The average Bonchev–Trinajstić information content (AvgIpc) is 3.27. The molecule has 3 aromatic carbocycles. The summed E-state index contributed by atoms with van der Waals surface area (Å²) in [6, 6.07) is 33.9. The molecule has 0 aliphatic heterocycles. The van der Waals surface area contributed by atoms with Gasteiger partial charge in [-0.1, -0.05) is 78.9 Å². The highest BCUT2D eigenvalue weighted by Gasteiger charge is 2.27. The molecular formula is C34H27N3O3. The van der Waals surface area contributed by atoms with Crippen LogP contribution in [0.4, 0.5) is 0 Å². The molecular weight excluding hydrogens is 498 g/mol. The standard InChI is InChI=1S/C34H27N3O3/c1-22-29(20-25-13-5-7-14-27(25)23-10-3-2-4-11-23)37-19-9-16-30(32(37)31(22)33(38)34(35)39)40-21-26-18-17-24-12-6-8-15-28(24)36-26/h2-19H,20-21H2,1H3,(H2,35,39). The molecule has 6 heteroatoms. The van der Waals surface area contributed by atoms with Crippen LogP contribution in [-0.2, 0) is 17.8 Å². The summed E-state index contributed by atoms with van der Waals surface area (Å²) in [6.07, 6.45) is 2.43. The van der Waals surface area contributed by atoms with Crippen molar-refractivity contribution in [3.63, 3.8) is 0 Å². The van der Waals surface area contributed by atoms with Crippen molar-refractivity contribution in [1.29, 1.82) is 0 Å². The van der Waals surface area contributed by atoms with Gasteiger partial charge in [0.25, 0.3) is 11.7 Å². The van der Waals surface area contributed by atoms with E-state index in [0.717, 1.165) is 39.0 Å². The molecule has 3 aromatic heterocycles. The number of amides is 1. The van der Waals surface area contributed by atoms with E-state index in [1.54, 1.807) is 6.07 Å². The quantitative estimate of drug-likeness (QED) is 0.187. The van der Waals surface area contributed by atoms with Crippen LogP contribution in [0, 0.1) is 6.92 Å². The van der Waals surface area contributed by atoms with E-state index in [9.17, 15) is 9.59 Å². The number of hydrogen-bond acceptors (Lipinski definition) is 4. The molecule has 0 saturated heterocycles. The number of ketones is 1. The van der Waals surface area contributed by atoms with Gasteiger partial charge in [-0.25, -0.2) is 4.98 Å². The number of carbonyl (C=O) groups is 2. The number of para-hydroxylation sites is 1. The number of primary amides is 1. The Morgan fingerprint density at radius 3 is 2.42 bits per heavy atom. The molecule has 0 unspecified atom stereocenters. The largest absolute Gasteiger partial charge is 0.485 e. The molecule has 0 aliphatic carbocycles. The molecule has 3 heterocycles. The minimum absolute atomic E-state index is 0.200. The zero-order chi connectivity index (χ0) is 27.6. The molecule has 0 spiro atoms. The molecule has 0 radical (unpaired) electrons. The molecule has 0 fully saturated rings. The van der Waals surface area contributed by atoms with E-state index < -0.39 is 11.7 Å². The SMILES string of the molecule is Cc1c(C(=O)C(N)=O)c2c(OCc3ccc4ccccc4n3)cccn2c1Cc1ccccc1-c1ccccc1. The number of hydrogen-bond donors (Lipinski definition) is 1. The van der Waals surface area contributed by atoms with E-state index in [1.807, 2.05) is 90.3 Å². The van der Waals surface area contributed by atoms with Gasteiger partial charge in [-0.2, -0.15) is 0 Å². The zero-order valence-electron chi connectivity index (χ0n) is 22.0. The molecule has 0 bridgehead atoms. The molecule has 1 amide bonds. The Hall–Kier alpha value is -5.23. The number of fused-ring (bicyclic) bond motifs is 2. The molecule has 6 rings (SSSR count). The fraction of sp³-hybridized carbons (Fsp3) is 0.0882. The summed E-state index contributed by atoms with van der Waals surface area (Å²) < 4.78 is 8.19. The number of ether oxygens (including phenoxy) is 1. The van der Waals surface area contributed by atoms with Crippen molar-refractivity contribution in [1.82, 2.24) is 9.38 Å². The van der Waals surface area contributed by atoms with Gasteiger partial charge in [-0.15, -0.1) is 0 Å². The molecule has 0 saturated carbocycles. The number of benzene rings is 3. The summed E-state index contributed by atoms with van der Waals surface area (Å²) in [5.41, 5.74) is 12.8. The van der Waals surface area contributed by atoms with E-state index in [0.29, 0.717) is 23.3 Å². The van der Waals surface area contributed by atoms with E-state index in [-0.39, 0.29) is 12.2 Å². The molecule has 40 heavy (non-hydrogen) atoms. The van der Waals surface area contributed by atoms with E-state index >= 15 is 0 Å². The van der Waals surface area contributed by atoms with Crippen molar-refractivity contribution >= 4 is 28.1 Å². The first kappa shape index (κ1) is 25.1. The maximum absolute atomic E-state index is 13.2. The van der Waals surface area contributed by atoms with Crippen LogP contribution in [0.25, 0.3) is 27.5 Å². The first-order valence-corrected chi connectivity index (χ1v) is 13.1. The van der Waals surface area contributed by atoms with Gasteiger partial charge in [0.1, 0.15) is 12.4 Å². The van der Waals surface area contributed by atoms with Gasteiger partial charge in [-0.05, 0) is 53.4 Å². The molecule has 0 aliphatic rings. The van der Waals surface area contributed by atoms with Crippen molar-refractivity contribution < 1.29 is 14.3 Å². The fourth-order valence-corrected chi connectivity index (χ4v) is 5.29. The molecule has 196 valence electrons. The van der Waals surface area contributed by atoms with E-state index in [2.05, 4.69) is 24.3 Å². The first-order valence-electron chi connectivity index (χ1n) is 13.1. The van der Waals surface area contributed by atoms with Gasteiger partial charge < -0.3 is 14.9 Å².